The number of aryl methyl sites for hydroxylation is 1. The summed E-state index contributed by atoms with van der Waals surface area (Å²) in [5, 5.41) is 6.39. The molecular formula is C15H18N4O2. The third-order valence-electron chi connectivity index (χ3n) is 3.30. The first kappa shape index (κ1) is 13.5. The highest BCUT2D eigenvalue weighted by Gasteiger charge is 2.13. The van der Waals surface area contributed by atoms with Gasteiger partial charge in [-0.3, -0.25) is 0 Å². The van der Waals surface area contributed by atoms with Gasteiger partial charge in [-0.25, -0.2) is 9.97 Å². The Hall–Kier alpha value is -2.50. The molecule has 3 rings (SSSR count). The lowest BCUT2D eigenvalue weighted by Gasteiger charge is -2.19. The Morgan fingerprint density at radius 2 is 1.71 bits per heavy atom. The Bertz CT molecular complexity index is 673. The molecule has 1 aliphatic heterocycles. The molecule has 110 valence electrons. The molecule has 1 aliphatic rings. The Morgan fingerprint density at radius 3 is 2.48 bits per heavy atom. The van der Waals surface area contributed by atoms with Gasteiger partial charge in [-0.2, -0.15) is 0 Å². The van der Waals surface area contributed by atoms with Crippen LogP contribution in [0.15, 0.2) is 18.2 Å². The molecule has 2 heterocycles. The van der Waals surface area contributed by atoms with Crippen LogP contribution in [-0.4, -0.2) is 30.2 Å². The summed E-state index contributed by atoms with van der Waals surface area (Å²) in [7, 11) is 1.85. The quantitative estimate of drug-likeness (QED) is 0.904. The number of nitrogens with zero attached hydrogens (tertiary/aromatic N) is 2. The molecule has 0 unspecified atom stereocenters. The van der Waals surface area contributed by atoms with Gasteiger partial charge in [-0.15, -0.1) is 0 Å². The molecule has 0 aliphatic carbocycles. The highest BCUT2D eigenvalue weighted by molar-refractivity contribution is 5.67. The van der Waals surface area contributed by atoms with Gasteiger partial charge in [0.25, 0.3) is 0 Å². The monoisotopic (exact) mass is 286 g/mol. The first-order valence-electron chi connectivity index (χ1n) is 6.87. The molecular weight excluding hydrogens is 268 g/mol. The Morgan fingerprint density at radius 1 is 1.00 bits per heavy atom. The van der Waals surface area contributed by atoms with Crippen LogP contribution in [0.4, 0.5) is 17.3 Å². The Labute approximate surface area is 123 Å². The van der Waals surface area contributed by atoms with Crippen molar-refractivity contribution in [2.45, 2.75) is 13.8 Å². The van der Waals surface area contributed by atoms with Gasteiger partial charge in [0.2, 0.25) is 0 Å². The minimum Gasteiger partial charge on any atom is -0.486 e. The van der Waals surface area contributed by atoms with Gasteiger partial charge in [-0.1, -0.05) is 0 Å². The van der Waals surface area contributed by atoms with E-state index in [0.29, 0.717) is 19.0 Å². The summed E-state index contributed by atoms with van der Waals surface area (Å²) in [5.74, 6) is 3.85. The van der Waals surface area contributed by atoms with Gasteiger partial charge < -0.3 is 20.1 Å². The molecule has 0 spiro atoms. The van der Waals surface area contributed by atoms with Crippen LogP contribution in [-0.2, 0) is 0 Å². The van der Waals surface area contributed by atoms with E-state index in [1.165, 1.54) is 0 Å². The molecule has 1 aromatic heterocycles. The summed E-state index contributed by atoms with van der Waals surface area (Å²) in [6.07, 6.45) is 0. The third kappa shape index (κ3) is 2.69. The SMILES string of the molecule is CNc1nc(C)nc(Nc2ccc3c(c2)OCCO3)c1C. The second-order valence-corrected chi connectivity index (χ2v) is 4.83. The molecule has 0 amide bonds. The zero-order valence-corrected chi connectivity index (χ0v) is 12.4. The molecule has 0 atom stereocenters. The molecule has 1 aromatic carbocycles. The number of hydrogen-bond donors (Lipinski definition) is 2. The summed E-state index contributed by atoms with van der Waals surface area (Å²) in [5.41, 5.74) is 1.88. The average molecular weight is 286 g/mol. The molecule has 21 heavy (non-hydrogen) atoms. The fourth-order valence-electron chi connectivity index (χ4n) is 2.25. The number of hydrogen-bond acceptors (Lipinski definition) is 6. The lowest BCUT2D eigenvalue weighted by molar-refractivity contribution is 0.171. The van der Waals surface area contributed by atoms with E-state index in [-0.39, 0.29) is 0 Å². The molecule has 2 aromatic rings. The van der Waals surface area contributed by atoms with Crippen LogP contribution in [0.25, 0.3) is 0 Å². The molecule has 0 saturated heterocycles. The highest BCUT2D eigenvalue weighted by Crippen LogP contribution is 2.34. The van der Waals surface area contributed by atoms with Crippen molar-refractivity contribution < 1.29 is 9.47 Å². The lowest BCUT2D eigenvalue weighted by Crippen LogP contribution is -2.15. The van der Waals surface area contributed by atoms with Gasteiger partial charge in [-0.05, 0) is 26.0 Å². The molecule has 6 nitrogen and oxygen atoms in total. The smallest absolute Gasteiger partial charge is 0.163 e. The van der Waals surface area contributed by atoms with Gasteiger partial charge in [0.1, 0.15) is 30.7 Å². The van der Waals surface area contributed by atoms with E-state index >= 15 is 0 Å². The zero-order chi connectivity index (χ0) is 14.8. The predicted octanol–water partition coefficient (Wildman–Crippen LogP) is 2.65. The second-order valence-electron chi connectivity index (χ2n) is 4.83. The van der Waals surface area contributed by atoms with E-state index in [1.54, 1.807) is 0 Å². The van der Waals surface area contributed by atoms with Gasteiger partial charge >= 0.3 is 0 Å². The van der Waals surface area contributed by atoms with E-state index in [4.69, 9.17) is 9.47 Å². The first-order chi connectivity index (χ1) is 10.2. The topological polar surface area (TPSA) is 68.3 Å². The van der Waals surface area contributed by atoms with Crippen molar-refractivity contribution in [2.24, 2.45) is 0 Å². The number of rotatable bonds is 3. The number of ether oxygens (including phenoxy) is 2. The molecule has 2 N–H and O–H groups in total. The number of fused-ring (bicyclic) bond motifs is 1. The van der Waals surface area contributed by atoms with Crippen LogP contribution < -0.4 is 20.1 Å². The van der Waals surface area contributed by atoms with Gasteiger partial charge in [0.05, 0.1) is 0 Å². The summed E-state index contributed by atoms with van der Waals surface area (Å²) in [4.78, 5) is 8.81. The molecule has 6 heteroatoms. The van der Waals surface area contributed by atoms with E-state index in [0.717, 1.165) is 34.4 Å². The minimum atomic E-state index is 0.575. The van der Waals surface area contributed by atoms with Gasteiger partial charge in [0.15, 0.2) is 11.5 Å². The van der Waals surface area contributed by atoms with Crippen molar-refractivity contribution in [2.75, 3.05) is 30.9 Å². The second kappa shape index (κ2) is 5.47. The zero-order valence-electron chi connectivity index (χ0n) is 12.4. The van der Waals surface area contributed by atoms with Crippen molar-refractivity contribution in [1.82, 2.24) is 9.97 Å². The van der Waals surface area contributed by atoms with Crippen molar-refractivity contribution in [3.05, 3.63) is 29.6 Å². The summed E-state index contributed by atoms with van der Waals surface area (Å²) in [6.45, 7) is 5.02. The summed E-state index contributed by atoms with van der Waals surface area (Å²) in [6, 6.07) is 5.77. The number of nitrogens with one attached hydrogen (secondary N) is 2. The maximum absolute atomic E-state index is 5.59. The van der Waals surface area contributed by atoms with Crippen molar-refractivity contribution in [3.63, 3.8) is 0 Å². The molecule has 0 saturated carbocycles. The fraction of sp³-hybridized carbons (Fsp3) is 0.333. The van der Waals surface area contributed by atoms with Crippen LogP contribution in [0.2, 0.25) is 0 Å². The first-order valence-corrected chi connectivity index (χ1v) is 6.87. The largest absolute Gasteiger partial charge is 0.486 e. The number of anilines is 3. The van der Waals surface area contributed by atoms with Crippen LogP contribution in [0.5, 0.6) is 11.5 Å². The van der Waals surface area contributed by atoms with Crippen molar-refractivity contribution in [1.29, 1.82) is 0 Å². The minimum absolute atomic E-state index is 0.575. The van der Waals surface area contributed by atoms with Crippen LogP contribution in [0, 0.1) is 13.8 Å². The average Bonchev–Trinajstić information content (AvgIpc) is 2.50. The van der Waals surface area contributed by atoms with Crippen LogP contribution in [0.3, 0.4) is 0 Å². The number of benzene rings is 1. The molecule has 0 bridgehead atoms. The van der Waals surface area contributed by atoms with E-state index < -0.39 is 0 Å². The maximum Gasteiger partial charge on any atom is 0.163 e. The predicted molar refractivity (Wildman–Crippen MR) is 81.8 cm³/mol. The van der Waals surface area contributed by atoms with Crippen molar-refractivity contribution >= 4 is 17.3 Å². The molecule has 0 radical (unpaired) electrons. The van der Waals surface area contributed by atoms with E-state index in [1.807, 2.05) is 39.1 Å². The van der Waals surface area contributed by atoms with Crippen molar-refractivity contribution in [3.8, 4) is 11.5 Å². The molecule has 0 fully saturated rings. The maximum atomic E-state index is 5.59. The fourth-order valence-corrected chi connectivity index (χ4v) is 2.25. The normalized spacial score (nSPS) is 12.9. The highest BCUT2D eigenvalue weighted by atomic mass is 16.6. The summed E-state index contributed by atoms with van der Waals surface area (Å²) < 4.78 is 11.1. The lowest BCUT2D eigenvalue weighted by atomic mass is 10.2. The standard InChI is InChI=1S/C15H18N4O2/c1-9-14(16-3)17-10(2)18-15(9)19-11-4-5-12-13(8-11)21-7-6-20-12/h4-5,8H,6-7H2,1-3H3,(H2,16,17,18,19). The van der Waals surface area contributed by atoms with Gasteiger partial charge in [0, 0.05) is 24.4 Å². The summed E-state index contributed by atoms with van der Waals surface area (Å²) >= 11 is 0. The van der Waals surface area contributed by atoms with Crippen LogP contribution >= 0.6 is 0 Å². The third-order valence-corrected chi connectivity index (χ3v) is 3.30. The Balaban J connectivity index is 1.91. The van der Waals surface area contributed by atoms with E-state index in [2.05, 4.69) is 20.6 Å². The van der Waals surface area contributed by atoms with Crippen LogP contribution in [0.1, 0.15) is 11.4 Å². The Kier molecular flexibility index (Phi) is 3.51. The number of aromatic nitrogens is 2. The van der Waals surface area contributed by atoms with E-state index in [9.17, 15) is 0 Å².